The van der Waals surface area contributed by atoms with Crippen LogP contribution in [0.25, 0.3) is 10.9 Å². The van der Waals surface area contributed by atoms with Gasteiger partial charge in [-0.05, 0) is 35.6 Å². The molecule has 0 spiro atoms. The molecule has 2 aliphatic rings. The van der Waals surface area contributed by atoms with Crippen LogP contribution in [0.5, 0.6) is 0 Å². The van der Waals surface area contributed by atoms with E-state index < -0.39 is 11.5 Å². The largest absolute Gasteiger partial charge is 0.361 e. The number of hydrogen-bond donors (Lipinski definition) is 4. The van der Waals surface area contributed by atoms with Gasteiger partial charge in [-0.3, -0.25) is 14.4 Å². The maximum atomic E-state index is 13.0. The van der Waals surface area contributed by atoms with Crippen molar-refractivity contribution in [3.63, 3.8) is 0 Å². The van der Waals surface area contributed by atoms with Crippen LogP contribution in [0, 0.1) is 11.8 Å². The van der Waals surface area contributed by atoms with Crippen molar-refractivity contribution >= 4 is 22.7 Å². The first-order valence-corrected chi connectivity index (χ1v) is 10.1. The summed E-state index contributed by atoms with van der Waals surface area (Å²) in [5.41, 5.74) is 1.75. The number of pyridine rings is 1. The van der Waals surface area contributed by atoms with Gasteiger partial charge >= 0.3 is 0 Å². The fourth-order valence-corrected chi connectivity index (χ4v) is 4.51. The Labute approximate surface area is 172 Å². The molecule has 1 saturated heterocycles. The Hall–Kier alpha value is -3.39. The molecule has 3 atom stereocenters. The fraction of sp³-hybridized carbons (Fsp3) is 0.318. The Morgan fingerprint density at radius 2 is 1.97 bits per heavy atom. The summed E-state index contributed by atoms with van der Waals surface area (Å²) in [4.78, 5) is 41.3. The molecule has 154 valence electrons. The van der Waals surface area contributed by atoms with Crippen molar-refractivity contribution in [1.29, 1.82) is 0 Å². The van der Waals surface area contributed by atoms with Gasteiger partial charge in [-0.25, -0.2) is 0 Å². The minimum absolute atomic E-state index is 0.0379. The van der Waals surface area contributed by atoms with E-state index in [1.165, 1.54) is 17.7 Å². The molecule has 1 saturated carbocycles. The van der Waals surface area contributed by atoms with Gasteiger partial charge in [0, 0.05) is 49.5 Å². The normalized spacial score (nSPS) is 22.0. The molecule has 0 bridgehead atoms. The number of nitrogens with one attached hydrogen (secondary N) is 4. The highest BCUT2D eigenvalue weighted by molar-refractivity contribution is 5.99. The van der Waals surface area contributed by atoms with Crippen LogP contribution in [0.3, 0.4) is 0 Å². The summed E-state index contributed by atoms with van der Waals surface area (Å²) >= 11 is 0. The van der Waals surface area contributed by atoms with Gasteiger partial charge in [0.15, 0.2) is 0 Å². The number of rotatable bonds is 5. The van der Waals surface area contributed by atoms with E-state index >= 15 is 0 Å². The van der Waals surface area contributed by atoms with Gasteiger partial charge in [-0.15, -0.1) is 0 Å². The highest BCUT2D eigenvalue weighted by Crippen LogP contribution is 2.41. The lowest BCUT2D eigenvalue weighted by atomic mass is 10.1. The van der Waals surface area contributed by atoms with Crippen molar-refractivity contribution in [2.45, 2.75) is 12.6 Å². The highest BCUT2D eigenvalue weighted by Gasteiger charge is 2.53. The van der Waals surface area contributed by atoms with E-state index in [2.05, 4.69) is 20.9 Å². The second kappa shape index (κ2) is 7.14. The third kappa shape index (κ3) is 3.09. The molecule has 2 fully saturated rings. The van der Waals surface area contributed by atoms with Crippen LogP contribution in [-0.4, -0.2) is 47.5 Å². The molecule has 5 rings (SSSR count). The number of nitrogens with zero attached hydrogens (tertiary/aromatic N) is 1. The van der Waals surface area contributed by atoms with E-state index in [-0.39, 0.29) is 24.1 Å². The van der Waals surface area contributed by atoms with Crippen molar-refractivity contribution in [1.82, 2.24) is 25.5 Å². The average molecular weight is 405 g/mol. The molecule has 3 aromatic rings. The van der Waals surface area contributed by atoms with Crippen molar-refractivity contribution in [3.05, 3.63) is 69.8 Å². The topological polar surface area (TPSA) is 108 Å². The molecule has 2 aromatic heterocycles. The average Bonchev–Trinajstić information content (AvgIpc) is 3.14. The number of benzene rings is 1. The maximum absolute atomic E-state index is 13.0. The molecule has 30 heavy (non-hydrogen) atoms. The molecule has 0 radical (unpaired) electrons. The lowest BCUT2D eigenvalue weighted by molar-refractivity contribution is 0.0945. The van der Waals surface area contributed by atoms with E-state index in [1.54, 1.807) is 6.20 Å². The van der Waals surface area contributed by atoms with Gasteiger partial charge in [0.25, 0.3) is 17.4 Å². The second-order valence-corrected chi connectivity index (χ2v) is 8.00. The number of fused-ring (bicyclic) bond motifs is 2. The van der Waals surface area contributed by atoms with Crippen LogP contribution in [-0.2, 0) is 6.54 Å². The van der Waals surface area contributed by atoms with Gasteiger partial charge in [-0.2, -0.15) is 0 Å². The first kappa shape index (κ1) is 18.6. The molecule has 2 amide bonds. The third-order valence-corrected chi connectivity index (χ3v) is 6.24. The van der Waals surface area contributed by atoms with Gasteiger partial charge in [-0.1, -0.05) is 12.1 Å². The summed E-state index contributed by atoms with van der Waals surface area (Å²) in [6.45, 7) is 2.09. The van der Waals surface area contributed by atoms with E-state index in [0.717, 1.165) is 29.6 Å². The molecule has 1 unspecified atom stereocenters. The van der Waals surface area contributed by atoms with Gasteiger partial charge in [0.05, 0.1) is 12.1 Å². The van der Waals surface area contributed by atoms with Gasteiger partial charge < -0.3 is 25.5 Å². The summed E-state index contributed by atoms with van der Waals surface area (Å²) in [5.74, 6) is 0.192. The fourth-order valence-electron chi connectivity index (χ4n) is 4.51. The zero-order valence-corrected chi connectivity index (χ0v) is 16.6. The first-order valence-electron chi connectivity index (χ1n) is 10.1. The predicted molar refractivity (Wildman–Crippen MR) is 113 cm³/mol. The third-order valence-electron chi connectivity index (χ3n) is 6.24. The smallest absolute Gasteiger partial charge is 0.263 e. The number of amides is 2. The van der Waals surface area contributed by atoms with E-state index in [9.17, 15) is 14.4 Å². The van der Waals surface area contributed by atoms with E-state index in [0.29, 0.717) is 17.4 Å². The van der Waals surface area contributed by atoms with Crippen LogP contribution < -0.4 is 21.5 Å². The Morgan fingerprint density at radius 1 is 1.17 bits per heavy atom. The summed E-state index contributed by atoms with van der Waals surface area (Å²) in [7, 11) is 1.47. The first-order chi connectivity index (χ1) is 14.6. The summed E-state index contributed by atoms with van der Waals surface area (Å²) in [5, 5.41) is 9.85. The number of piperidine rings is 1. The lowest BCUT2D eigenvalue weighted by Crippen LogP contribution is -2.36. The Bertz CT molecular complexity index is 1200. The molecule has 8 heteroatoms. The monoisotopic (exact) mass is 405 g/mol. The van der Waals surface area contributed by atoms with Crippen molar-refractivity contribution in [3.8, 4) is 0 Å². The van der Waals surface area contributed by atoms with Crippen LogP contribution in [0.2, 0.25) is 0 Å². The molecule has 1 aliphatic heterocycles. The molecule has 3 heterocycles. The summed E-state index contributed by atoms with van der Waals surface area (Å²) < 4.78 is 1.44. The van der Waals surface area contributed by atoms with Crippen LogP contribution in [0.1, 0.15) is 26.3 Å². The predicted octanol–water partition coefficient (Wildman–Crippen LogP) is 0.685. The molecule has 8 nitrogen and oxygen atoms in total. The van der Waals surface area contributed by atoms with Gasteiger partial charge in [0.1, 0.15) is 5.56 Å². The molecule has 1 aliphatic carbocycles. The van der Waals surface area contributed by atoms with Crippen LogP contribution >= 0.6 is 0 Å². The number of aromatic nitrogens is 2. The standard InChI is InChI=1S/C22H23N5O3/c1-23-21(29)15-7-13(20(28)26-19-16-8-24-9-17(16)19)11-27(22(15)30)10-12-3-2-4-18-14(12)5-6-25-18/h2-7,11,16-17,19,24-25H,8-10H2,1H3,(H,23,29)(H,26,28)/t16-,17+,19?. The molecule has 4 N–H and O–H groups in total. The van der Waals surface area contributed by atoms with Crippen molar-refractivity contribution < 1.29 is 9.59 Å². The summed E-state index contributed by atoms with van der Waals surface area (Å²) in [6.07, 6.45) is 3.39. The second-order valence-electron chi connectivity index (χ2n) is 8.00. The minimum atomic E-state index is -0.504. The summed E-state index contributed by atoms with van der Waals surface area (Å²) in [6, 6.07) is 9.31. The number of hydrogen-bond acceptors (Lipinski definition) is 4. The Balaban J connectivity index is 1.50. The van der Waals surface area contributed by atoms with Gasteiger partial charge in [0.2, 0.25) is 0 Å². The van der Waals surface area contributed by atoms with Crippen LogP contribution in [0.15, 0.2) is 47.5 Å². The minimum Gasteiger partial charge on any atom is -0.361 e. The zero-order valence-electron chi connectivity index (χ0n) is 16.6. The van der Waals surface area contributed by atoms with E-state index in [4.69, 9.17) is 0 Å². The van der Waals surface area contributed by atoms with Crippen LogP contribution in [0.4, 0.5) is 0 Å². The van der Waals surface area contributed by atoms with Crippen molar-refractivity contribution in [2.24, 2.45) is 11.8 Å². The molecular formula is C22H23N5O3. The van der Waals surface area contributed by atoms with Crippen molar-refractivity contribution in [2.75, 3.05) is 20.1 Å². The zero-order chi connectivity index (χ0) is 20.8. The molecule has 1 aromatic carbocycles. The number of H-pyrrole nitrogens is 1. The maximum Gasteiger partial charge on any atom is 0.263 e. The SMILES string of the molecule is CNC(=O)c1cc(C(=O)NC2[C@H]3CNC[C@@H]23)cn(Cc2cccc3[nH]ccc23)c1=O. The Kier molecular flexibility index (Phi) is 4.43. The quantitative estimate of drug-likeness (QED) is 0.501. The Morgan fingerprint density at radius 3 is 2.73 bits per heavy atom. The number of aromatic amines is 1. The lowest BCUT2D eigenvalue weighted by Gasteiger charge is -2.13. The molecular weight excluding hydrogens is 382 g/mol. The number of carbonyl (C=O) groups excluding carboxylic acids is 2. The highest BCUT2D eigenvalue weighted by atomic mass is 16.2. The number of carbonyl (C=O) groups is 2. The van der Waals surface area contributed by atoms with E-state index in [1.807, 2.05) is 30.5 Å².